The smallest absolute Gasteiger partial charge is 0.182 e. The number of aliphatic hydroxyl groups is 1. The van der Waals surface area contributed by atoms with E-state index < -0.39 is 23.6 Å². The van der Waals surface area contributed by atoms with E-state index in [0.717, 1.165) is 6.07 Å². The van der Waals surface area contributed by atoms with Crippen LogP contribution < -0.4 is 5.32 Å². The van der Waals surface area contributed by atoms with E-state index in [0.29, 0.717) is 12.7 Å². The van der Waals surface area contributed by atoms with Crippen LogP contribution in [0.3, 0.4) is 0 Å². The van der Waals surface area contributed by atoms with Crippen LogP contribution in [0.1, 0.15) is 6.92 Å². The van der Waals surface area contributed by atoms with Gasteiger partial charge in [0, 0.05) is 25.3 Å². The maximum absolute atomic E-state index is 13.2. The molecule has 6 heteroatoms. The van der Waals surface area contributed by atoms with Crippen LogP contribution in [-0.2, 0) is 4.74 Å². The molecule has 0 radical (unpaired) electrons. The number of nitrogens with one attached hydrogen (secondary N) is 1. The van der Waals surface area contributed by atoms with Crippen molar-refractivity contribution in [3.63, 3.8) is 0 Å². The van der Waals surface area contributed by atoms with Gasteiger partial charge < -0.3 is 15.2 Å². The third kappa shape index (κ3) is 4.24. The van der Waals surface area contributed by atoms with E-state index in [4.69, 9.17) is 4.74 Å². The van der Waals surface area contributed by atoms with Gasteiger partial charge in [-0.25, -0.2) is 13.2 Å². The van der Waals surface area contributed by atoms with E-state index in [1.165, 1.54) is 0 Å². The van der Waals surface area contributed by atoms with E-state index in [9.17, 15) is 18.3 Å². The van der Waals surface area contributed by atoms with Crippen molar-refractivity contribution in [3.8, 4) is 0 Å². The number of hydrogen-bond donors (Lipinski definition) is 2. The molecule has 17 heavy (non-hydrogen) atoms. The van der Waals surface area contributed by atoms with Gasteiger partial charge in [-0.2, -0.15) is 0 Å². The number of aliphatic hydroxyl groups excluding tert-OH is 1. The van der Waals surface area contributed by atoms with Gasteiger partial charge in [-0.15, -0.1) is 0 Å². The zero-order valence-electron chi connectivity index (χ0n) is 9.34. The third-order valence-electron chi connectivity index (χ3n) is 2.04. The number of ether oxygens (including phenoxy) is 1. The molecule has 0 heterocycles. The van der Waals surface area contributed by atoms with E-state index >= 15 is 0 Å². The van der Waals surface area contributed by atoms with Crippen molar-refractivity contribution in [1.29, 1.82) is 0 Å². The van der Waals surface area contributed by atoms with Gasteiger partial charge in [-0.05, 0) is 6.92 Å². The second-order valence-electron chi connectivity index (χ2n) is 3.44. The van der Waals surface area contributed by atoms with Crippen LogP contribution in [0.2, 0.25) is 0 Å². The fraction of sp³-hybridized carbons (Fsp3) is 0.455. The molecule has 1 rings (SSSR count). The highest BCUT2D eigenvalue weighted by Gasteiger charge is 2.12. The summed E-state index contributed by atoms with van der Waals surface area (Å²) in [5.41, 5.74) is -0.321. The molecule has 2 N–H and O–H groups in total. The standard InChI is InChI=1S/C11H14F3NO2/c1-2-17-6-8(16)5-15-10-4-7(12)3-9(13)11(10)14/h3-4,8,15-16H,2,5-6H2,1H3. The summed E-state index contributed by atoms with van der Waals surface area (Å²) in [5.74, 6) is -3.33. The van der Waals surface area contributed by atoms with Gasteiger partial charge in [-0.3, -0.25) is 0 Å². The fourth-order valence-electron chi connectivity index (χ4n) is 1.23. The molecule has 1 aromatic carbocycles. The summed E-state index contributed by atoms with van der Waals surface area (Å²) in [6.07, 6.45) is -0.874. The average Bonchev–Trinajstić information content (AvgIpc) is 2.29. The Balaban J connectivity index is 2.57. The van der Waals surface area contributed by atoms with Crippen LogP contribution in [0.5, 0.6) is 0 Å². The Labute approximate surface area is 97.2 Å². The SMILES string of the molecule is CCOCC(O)CNc1cc(F)cc(F)c1F. The average molecular weight is 249 g/mol. The van der Waals surface area contributed by atoms with Gasteiger partial charge in [-0.1, -0.05) is 0 Å². The lowest BCUT2D eigenvalue weighted by atomic mass is 10.2. The molecule has 0 aliphatic rings. The van der Waals surface area contributed by atoms with Gasteiger partial charge in [0.2, 0.25) is 0 Å². The molecule has 96 valence electrons. The Morgan fingerprint density at radius 3 is 2.71 bits per heavy atom. The molecular weight excluding hydrogens is 235 g/mol. The Morgan fingerprint density at radius 2 is 2.06 bits per heavy atom. The highest BCUT2D eigenvalue weighted by atomic mass is 19.2. The Morgan fingerprint density at radius 1 is 1.35 bits per heavy atom. The Bertz CT molecular complexity index is 374. The largest absolute Gasteiger partial charge is 0.389 e. The van der Waals surface area contributed by atoms with Crippen molar-refractivity contribution in [2.45, 2.75) is 13.0 Å². The van der Waals surface area contributed by atoms with Crippen molar-refractivity contribution in [3.05, 3.63) is 29.6 Å². The van der Waals surface area contributed by atoms with Crippen LogP contribution in [0.15, 0.2) is 12.1 Å². The van der Waals surface area contributed by atoms with E-state index in [2.05, 4.69) is 5.32 Å². The minimum Gasteiger partial charge on any atom is -0.389 e. The zero-order chi connectivity index (χ0) is 12.8. The quantitative estimate of drug-likeness (QED) is 0.757. The molecule has 0 aliphatic carbocycles. The minimum absolute atomic E-state index is 0.0557. The monoisotopic (exact) mass is 249 g/mol. The molecule has 0 aliphatic heterocycles. The normalized spacial score (nSPS) is 12.5. The van der Waals surface area contributed by atoms with E-state index in [1.54, 1.807) is 6.92 Å². The van der Waals surface area contributed by atoms with Crippen molar-refractivity contribution in [2.75, 3.05) is 25.1 Å². The second kappa shape index (κ2) is 6.46. The summed E-state index contributed by atoms with van der Waals surface area (Å²) in [6, 6.07) is 1.28. The summed E-state index contributed by atoms with van der Waals surface area (Å²) in [6.45, 7) is 2.23. The lowest BCUT2D eigenvalue weighted by molar-refractivity contribution is 0.0495. The second-order valence-corrected chi connectivity index (χ2v) is 3.44. The summed E-state index contributed by atoms with van der Waals surface area (Å²) in [4.78, 5) is 0. The highest BCUT2D eigenvalue weighted by molar-refractivity contribution is 5.45. The topological polar surface area (TPSA) is 41.5 Å². The first-order chi connectivity index (χ1) is 8.04. The first kappa shape index (κ1) is 13.8. The molecule has 3 nitrogen and oxygen atoms in total. The van der Waals surface area contributed by atoms with Crippen molar-refractivity contribution < 1.29 is 23.0 Å². The van der Waals surface area contributed by atoms with Gasteiger partial charge in [0.05, 0.1) is 18.4 Å². The Hall–Kier alpha value is -1.27. The zero-order valence-corrected chi connectivity index (χ0v) is 9.34. The van der Waals surface area contributed by atoms with Gasteiger partial charge in [0.15, 0.2) is 11.6 Å². The third-order valence-corrected chi connectivity index (χ3v) is 2.04. The maximum Gasteiger partial charge on any atom is 0.182 e. The summed E-state index contributed by atoms with van der Waals surface area (Å²) in [7, 11) is 0. The van der Waals surface area contributed by atoms with Crippen LogP contribution in [-0.4, -0.2) is 31.0 Å². The van der Waals surface area contributed by atoms with Gasteiger partial charge in [0.1, 0.15) is 5.82 Å². The molecule has 0 amide bonds. The van der Waals surface area contributed by atoms with Crippen LogP contribution in [0.4, 0.5) is 18.9 Å². The maximum atomic E-state index is 13.2. The molecule has 1 atom stereocenters. The van der Waals surface area contributed by atoms with Crippen LogP contribution >= 0.6 is 0 Å². The lowest BCUT2D eigenvalue weighted by Gasteiger charge is -2.13. The van der Waals surface area contributed by atoms with Crippen molar-refractivity contribution in [2.24, 2.45) is 0 Å². The Kier molecular flexibility index (Phi) is 5.24. The van der Waals surface area contributed by atoms with Crippen molar-refractivity contribution >= 4 is 5.69 Å². The molecule has 0 bridgehead atoms. The number of anilines is 1. The summed E-state index contributed by atoms with van der Waals surface area (Å²) in [5, 5.41) is 11.8. The number of benzene rings is 1. The highest BCUT2D eigenvalue weighted by Crippen LogP contribution is 2.18. The van der Waals surface area contributed by atoms with E-state index in [1.807, 2.05) is 0 Å². The summed E-state index contributed by atoms with van der Waals surface area (Å²) >= 11 is 0. The molecule has 0 saturated carbocycles. The molecule has 0 spiro atoms. The minimum atomic E-state index is -1.27. The predicted molar refractivity (Wildman–Crippen MR) is 57.3 cm³/mol. The van der Waals surface area contributed by atoms with Crippen LogP contribution in [0, 0.1) is 17.5 Å². The number of halogens is 3. The predicted octanol–water partition coefficient (Wildman–Crippen LogP) is 1.91. The van der Waals surface area contributed by atoms with Crippen LogP contribution in [0.25, 0.3) is 0 Å². The first-order valence-corrected chi connectivity index (χ1v) is 5.18. The first-order valence-electron chi connectivity index (χ1n) is 5.18. The summed E-state index contributed by atoms with van der Waals surface area (Å²) < 4.78 is 43.7. The molecular formula is C11H14F3NO2. The van der Waals surface area contributed by atoms with Crippen molar-refractivity contribution in [1.82, 2.24) is 0 Å². The molecule has 0 fully saturated rings. The molecule has 1 unspecified atom stereocenters. The van der Waals surface area contributed by atoms with Gasteiger partial charge in [0.25, 0.3) is 0 Å². The molecule has 0 aromatic heterocycles. The molecule has 1 aromatic rings. The number of rotatable bonds is 6. The van der Waals surface area contributed by atoms with Gasteiger partial charge >= 0.3 is 0 Å². The lowest BCUT2D eigenvalue weighted by Crippen LogP contribution is -2.25. The number of hydrogen-bond acceptors (Lipinski definition) is 3. The molecule has 0 saturated heterocycles. The van der Waals surface area contributed by atoms with E-state index in [-0.39, 0.29) is 18.8 Å². The fourth-order valence-corrected chi connectivity index (χ4v) is 1.23.